The smallest absolute Gasteiger partial charge is 0.274 e. The van der Waals surface area contributed by atoms with E-state index in [1.165, 1.54) is 18.2 Å². The number of rotatable bonds is 5. The highest BCUT2D eigenvalue weighted by atomic mass is 19.1. The lowest BCUT2D eigenvalue weighted by Crippen LogP contribution is -2.27. The molecule has 1 fully saturated rings. The molecule has 1 amide bonds. The molecule has 0 atom stereocenters. The normalized spacial score (nSPS) is 13.3. The zero-order valence-electron chi connectivity index (χ0n) is 16.7. The van der Waals surface area contributed by atoms with Gasteiger partial charge in [0.05, 0.1) is 16.3 Å². The molecule has 1 heterocycles. The van der Waals surface area contributed by atoms with Gasteiger partial charge in [-0.05, 0) is 71.0 Å². The van der Waals surface area contributed by atoms with Gasteiger partial charge in [-0.3, -0.25) is 19.8 Å². The molecule has 0 spiro atoms. The van der Waals surface area contributed by atoms with Gasteiger partial charge in [0.15, 0.2) is 5.52 Å². The van der Waals surface area contributed by atoms with Gasteiger partial charge < -0.3 is 0 Å². The van der Waals surface area contributed by atoms with Crippen LogP contribution < -0.4 is 4.90 Å². The van der Waals surface area contributed by atoms with Crippen LogP contribution in [0.15, 0.2) is 53.2 Å². The summed E-state index contributed by atoms with van der Waals surface area (Å²) in [5.74, 6) is -3.30. The number of fused-ring (bicyclic) bond motifs is 1. The van der Waals surface area contributed by atoms with E-state index in [0.29, 0.717) is 11.6 Å². The third-order valence-corrected chi connectivity index (χ3v) is 5.37. The highest BCUT2D eigenvalue weighted by Gasteiger charge is 2.33. The molecule has 1 aliphatic carbocycles. The maximum atomic E-state index is 14.1. The van der Waals surface area contributed by atoms with Gasteiger partial charge in [0.2, 0.25) is 5.52 Å². The van der Waals surface area contributed by atoms with Crippen molar-refractivity contribution in [1.29, 1.82) is 0 Å². The number of halogens is 3. The third-order valence-electron chi connectivity index (χ3n) is 5.37. The predicted molar refractivity (Wildman–Crippen MR) is 110 cm³/mol. The van der Waals surface area contributed by atoms with E-state index in [2.05, 4.69) is 10.3 Å². The molecule has 0 radical (unpaired) electrons. The van der Waals surface area contributed by atoms with E-state index >= 15 is 0 Å². The van der Waals surface area contributed by atoms with Crippen molar-refractivity contribution in [1.82, 2.24) is 10.3 Å². The van der Waals surface area contributed by atoms with E-state index in [9.17, 15) is 28.1 Å². The van der Waals surface area contributed by atoms with Gasteiger partial charge in [0.1, 0.15) is 17.5 Å². The molecule has 5 rings (SSSR count). The Morgan fingerprint density at radius 2 is 1.61 bits per heavy atom. The second kappa shape index (κ2) is 7.69. The molecule has 11 heteroatoms. The summed E-state index contributed by atoms with van der Waals surface area (Å²) in [6.07, 6.45) is 1.54. The zero-order chi connectivity index (χ0) is 23.3. The maximum Gasteiger partial charge on any atom is 0.300 e. The van der Waals surface area contributed by atoms with Crippen molar-refractivity contribution in [3.8, 4) is 0 Å². The Bertz CT molecular complexity index is 1410. The monoisotopic (exact) mass is 454 g/mol. The molecule has 33 heavy (non-hydrogen) atoms. The van der Waals surface area contributed by atoms with E-state index in [4.69, 9.17) is 4.63 Å². The number of carbonyl (C=O) groups excluding carboxylic acids is 1. The molecular weight excluding hydrogens is 441 g/mol. The number of nitrogens with zero attached hydrogens (tertiary/aromatic N) is 4. The fraction of sp³-hybridized carbons (Fsp3) is 0.136. The average molecular weight is 454 g/mol. The highest BCUT2D eigenvalue weighted by Crippen LogP contribution is 2.47. The molecule has 0 saturated heterocycles. The number of amides is 1. The van der Waals surface area contributed by atoms with Gasteiger partial charge in [0.25, 0.3) is 5.91 Å². The number of nitro groups is 1. The summed E-state index contributed by atoms with van der Waals surface area (Å²) in [6.45, 7) is 0. The molecular formula is C22H13F3N4O4. The Morgan fingerprint density at radius 1 is 0.939 bits per heavy atom. The van der Waals surface area contributed by atoms with Crippen LogP contribution in [0.2, 0.25) is 0 Å². The molecule has 166 valence electrons. The molecule has 4 aromatic rings. The van der Waals surface area contributed by atoms with Crippen molar-refractivity contribution in [2.75, 3.05) is 4.90 Å². The number of anilines is 2. The van der Waals surface area contributed by atoms with Crippen molar-refractivity contribution >= 4 is 34.0 Å². The topological polar surface area (TPSA) is 102 Å². The minimum absolute atomic E-state index is 0.0146. The largest absolute Gasteiger partial charge is 0.300 e. The number of nitro benzene ring substituents is 1. The first-order valence-corrected chi connectivity index (χ1v) is 9.83. The molecule has 1 aromatic heterocycles. The Balaban J connectivity index is 1.77. The summed E-state index contributed by atoms with van der Waals surface area (Å²) in [5, 5.41) is 18.7. The van der Waals surface area contributed by atoms with Crippen LogP contribution in [0.25, 0.3) is 11.0 Å². The minimum Gasteiger partial charge on any atom is -0.274 e. The van der Waals surface area contributed by atoms with Gasteiger partial charge >= 0.3 is 5.69 Å². The summed E-state index contributed by atoms with van der Waals surface area (Å²) in [6, 6.07) is 8.55. The van der Waals surface area contributed by atoms with Gasteiger partial charge in [-0.2, -0.15) is 0 Å². The van der Waals surface area contributed by atoms with Crippen LogP contribution >= 0.6 is 0 Å². The average Bonchev–Trinajstić information content (AvgIpc) is 3.50. The van der Waals surface area contributed by atoms with E-state index in [1.807, 2.05) is 0 Å². The van der Waals surface area contributed by atoms with Crippen LogP contribution in [0.5, 0.6) is 0 Å². The first-order chi connectivity index (χ1) is 15.8. The quantitative estimate of drug-likeness (QED) is 0.295. The number of benzene rings is 3. The summed E-state index contributed by atoms with van der Waals surface area (Å²) in [4.78, 5) is 25.4. The lowest BCUT2D eigenvalue weighted by atomic mass is 10.0. The van der Waals surface area contributed by atoms with Crippen molar-refractivity contribution in [2.45, 2.75) is 18.8 Å². The van der Waals surface area contributed by atoms with Crippen molar-refractivity contribution in [2.24, 2.45) is 0 Å². The van der Waals surface area contributed by atoms with Crippen LogP contribution in [0, 0.1) is 27.6 Å². The number of hydrogen-bond acceptors (Lipinski definition) is 6. The van der Waals surface area contributed by atoms with Gasteiger partial charge in [0, 0.05) is 17.7 Å². The molecule has 3 aromatic carbocycles. The summed E-state index contributed by atoms with van der Waals surface area (Å²) in [5.41, 5.74) is -0.242. The Hall–Kier alpha value is -4.28. The highest BCUT2D eigenvalue weighted by molar-refractivity contribution is 6.15. The molecule has 1 saturated carbocycles. The Labute approximate surface area is 183 Å². The van der Waals surface area contributed by atoms with E-state index < -0.39 is 34.0 Å². The maximum absolute atomic E-state index is 14.1. The number of aromatic nitrogens is 2. The molecule has 1 aliphatic rings. The van der Waals surface area contributed by atoms with Gasteiger partial charge in [-0.1, -0.05) is 0 Å². The second-order valence-electron chi connectivity index (χ2n) is 7.60. The number of carbonyl (C=O) groups is 1. The van der Waals surface area contributed by atoms with Crippen molar-refractivity contribution < 1.29 is 27.5 Å². The zero-order valence-corrected chi connectivity index (χ0v) is 16.7. The third kappa shape index (κ3) is 3.67. The van der Waals surface area contributed by atoms with Crippen LogP contribution in [-0.2, 0) is 0 Å². The predicted octanol–water partition coefficient (Wildman–Crippen LogP) is 5.40. The van der Waals surface area contributed by atoms with Gasteiger partial charge in [-0.25, -0.2) is 17.8 Å². The fourth-order valence-corrected chi connectivity index (χ4v) is 3.77. The lowest BCUT2D eigenvalue weighted by molar-refractivity contribution is -0.383. The first-order valence-electron chi connectivity index (χ1n) is 9.83. The number of non-ortho nitro benzene ring substituents is 1. The molecule has 8 nitrogen and oxygen atoms in total. The molecule has 0 unspecified atom stereocenters. The second-order valence-corrected chi connectivity index (χ2v) is 7.60. The van der Waals surface area contributed by atoms with Gasteiger partial charge in [-0.15, -0.1) is 0 Å². The first kappa shape index (κ1) is 20.6. The van der Waals surface area contributed by atoms with Crippen LogP contribution in [-0.4, -0.2) is 21.1 Å². The molecule has 0 bridgehead atoms. The lowest BCUT2D eigenvalue weighted by Gasteiger charge is -2.26. The fourth-order valence-electron chi connectivity index (χ4n) is 3.77. The summed E-state index contributed by atoms with van der Waals surface area (Å²) >= 11 is 0. The molecule has 0 aliphatic heterocycles. The van der Waals surface area contributed by atoms with E-state index in [-0.39, 0.29) is 33.9 Å². The molecule has 0 N–H and O–H groups in total. The Morgan fingerprint density at radius 3 is 2.27 bits per heavy atom. The van der Waals surface area contributed by atoms with Crippen molar-refractivity contribution in [3.63, 3.8) is 0 Å². The number of hydrogen-bond donors (Lipinski definition) is 0. The van der Waals surface area contributed by atoms with E-state index in [1.54, 1.807) is 0 Å². The minimum atomic E-state index is -0.961. The van der Waals surface area contributed by atoms with Crippen LogP contribution in [0.4, 0.5) is 30.2 Å². The summed E-state index contributed by atoms with van der Waals surface area (Å²) in [7, 11) is 0. The standard InChI is InChI=1S/C22H13F3N4O4/c23-13-3-4-17(16(10-13)11-1-2-11)28(22(30)12-7-14(24)9-15(25)8-12)18-5-6-19(29(31)32)21-20(18)26-33-27-21/h3-11H,1-2H2. The van der Waals surface area contributed by atoms with Crippen LogP contribution in [0.3, 0.4) is 0 Å². The van der Waals surface area contributed by atoms with E-state index in [0.717, 1.165) is 42.0 Å². The van der Waals surface area contributed by atoms with Crippen molar-refractivity contribution in [3.05, 3.63) is 87.2 Å². The Kier molecular flexibility index (Phi) is 4.81. The summed E-state index contributed by atoms with van der Waals surface area (Å²) < 4.78 is 46.6. The SMILES string of the molecule is O=C(c1cc(F)cc(F)c1)N(c1ccc(F)cc1C1CC1)c1ccc([N+](=O)[O-])c2nonc12. The van der Waals surface area contributed by atoms with Crippen LogP contribution in [0.1, 0.15) is 34.7 Å².